The summed E-state index contributed by atoms with van der Waals surface area (Å²) in [6, 6.07) is 5.14. The van der Waals surface area contributed by atoms with Crippen molar-refractivity contribution in [3.8, 4) is 5.69 Å². The molecule has 2 N–H and O–H groups in total. The SMILES string of the molecule is CNC(=O)c1ccn(-c2ccc([C@H](C)O)nc2)n1. The van der Waals surface area contributed by atoms with Crippen molar-refractivity contribution in [1.82, 2.24) is 20.1 Å². The fraction of sp³-hybridized carbons (Fsp3) is 0.250. The topological polar surface area (TPSA) is 80.0 Å². The molecule has 6 heteroatoms. The standard InChI is InChI=1S/C12H14N4O2/c1-8(17)10-4-3-9(7-14-10)16-6-5-11(15-16)12(18)13-2/h3-8,17H,1-2H3,(H,13,18)/t8-/m0/s1. The van der Waals surface area contributed by atoms with Crippen LogP contribution < -0.4 is 5.32 Å². The molecule has 2 rings (SSSR count). The van der Waals surface area contributed by atoms with Gasteiger partial charge in [0.25, 0.3) is 5.91 Å². The summed E-state index contributed by atoms with van der Waals surface area (Å²) in [5.41, 5.74) is 1.67. The summed E-state index contributed by atoms with van der Waals surface area (Å²) in [6.45, 7) is 1.65. The molecular weight excluding hydrogens is 232 g/mol. The molecule has 6 nitrogen and oxygen atoms in total. The second kappa shape index (κ2) is 4.97. The quantitative estimate of drug-likeness (QED) is 0.834. The molecular formula is C12H14N4O2. The number of rotatable bonds is 3. The molecule has 18 heavy (non-hydrogen) atoms. The van der Waals surface area contributed by atoms with E-state index in [0.717, 1.165) is 5.69 Å². The minimum absolute atomic E-state index is 0.234. The average Bonchev–Trinajstić information content (AvgIpc) is 2.87. The Hall–Kier alpha value is -2.21. The third-order valence-corrected chi connectivity index (χ3v) is 2.51. The van der Waals surface area contributed by atoms with Gasteiger partial charge in [-0.2, -0.15) is 5.10 Å². The number of carbonyl (C=O) groups is 1. The van der Waals surface area contributed by atoms with Crippen LogP contribution in [0.25, 0.3) is 5.69 Å². The van der Waals surface area contributed by atoms with Gasteiger partial charge in [-0.25, -0.2) is 4.68 Å². The highest BCUT2D eigenvalue weighted by Gasteiger charge is 2.08. The van der Waals surface area contributed by atoms with Gasteiger partial charge in [0.15, 0.2) is 5.69 Å². The number of aliphatic hydroxyl groups excluding tert-OH is 1. The second-order valence-corrected chi connectivity index (χ2v) is 3.84. The minimum Gasteiger partial charge on any atom is -0.387 e. The van der Waals surface area contributed by atoms with Gasteiger partial charge in [-0.05, 0) is 25.1 Å². The van der Waals surface area contributed by atoms with E-state index in [4.69, 9.17) is 0 Å². The van der Waals surface area contributed by atoms with Crippen LogP contribution in [-0.4, -0.2) is 32.8 Å². The number of pyridine rings is 1. The molecule has 2 heterocycles. The number of aliphatic hydroxyl groups is 1. The molecule has 0 aliphatic carbocycles. The normalized spacial score (nSPS) is 12.2. The summed E-state index contributed by atoms with van der Waals surface area (Å²) < 4.78 is 1.56. The molecule has 94 valence electrons. The Balaban J connectivity index is 2.26. The van der Waals surface area contributed by atoms with Crippen LogP contribution in [-0.2, 0) is 0 Å². The van der Waals surface area contributed by atoms with E-state index in [0.29, 0.717) is 11.4 Å². The molecule has 0 unspecified atom stereocenters. The summed E-state index contributed by atoms with van der Waals surface area (Å²) in [5.74, 6) is -0.234. The maximum absolute atomic E-state index is 11.4. The van der Waals surface area contributed by atoms with Gasteiger partial charge in [0, 0.05) is 13.2 Å². The summed E-state index contributed by atoms with van der Waals surface area (Å²) in [5, 5.41) is 16.0. The summed E-state index contributed by atoms with van der Waals surface area (Å²) >= 11 is 0. The molecule has 2 aromatic rings. The predicted molar refractivity (Wildman–Crippen MR) is 65.4 cm³/mol. The molecule has 0 saturated heterocycles. The minimum atomic E-state index is -0.599. The van der Waals surface area contributed by atoms with E-state index in [1.807, 2.05) is 0 Å². The molecule has 0 aliphatic rings. The monoisotopic (exact) mass is 246 g/mol. The van der Waals surface area contributed by atoms with Crippen LogP contribution in [0.1, 0.15) is 29.2 Å². The van der Waals surface area contributed by atoms with E-state index >= 15 is 0 Å². The van der Waals surface area contributed by atoms with E-state index in [9.17, 15) is 9.90 Å². The first-order chi connectivity index (χ1) is 8.61. The summed E-state index contributed by atoms with van der Waals surface area (Å²) in [6.07, 6.45) is 2.69. The van der Waals surface area contributed by atoms with Crippen molar-refractivity contribution in [3.63, 3.8) is 0 Å². The number of nitrogens with zero attached hydrogens (tertiary/aromatic N) is 3. The highest BCUT2D eigenvalue weighted by atomic mass is 16.3. The molecule has 0 bridgehead atoms. The molecule has 0 radical (unpaired) electrons. The van der Waals surface area contributed by atoms with Crippen LogP contribution in [0.5, 0.6) is 0 Å². The maximum Gasteiger partial charge on any atom is 0.271 e. The summed E-state index contributed by atoms with van der Waals surface area (Å²) in [7, 11) is 1.56. The smallest absolute Gasteiger partial charge is 0.271 e. The van der Waals surface area contributed by atoms with Gasteiger partial charge in [0.05, 0.1) is 23.7 Å². The van der Waals surface area contributed by atoms with Crippen molar-refractivity contribution in [2.45, 2.75) is 13.0 Å². The highest BCUT2D eigenvalue weighted by molar-refractivity contribution is 5.91. The fourth-order valence-electron chi connectivity index (χ4n) is 1.50. The lowest BCUT2D eigenvalue weighted by atomic mass is 10.2. The molecule has 0 spiro atoms. The lowest BCUT2D eigenvalue weighted by Gasteiger charge is -2.05. The van der Waals surface area contributed by atoms with Crippen molar-refractivity contribution in [1.29, 1.82) is 0 Å². The predicted octanol–water partition coefficient (Wildman–Crippen LogP) is 0.680. The highest BCUT2D eigenvalue weighted by Crippen LogP contribution is 2.12. The zero-order valence-electron chi connectivity index (χ0n) is 10.2. The van der Waals surface area contributed by atoms with Gasteiger partial charge in [-0.3, -0.25) is 9.78 Å². The first kappa shape index (κ1) is 12.3. The van der Waals surface area contributed by atoms with Gasteiger partial charge in [-0.15, -0.1) is 0 Å². The van der Waals surface area contributed by atoms with Crippen molar-refractivity contribution in [2.24, 2.45) is 0 Å². The number of hydrogen-bond acceptors (Lipinski definition) is 4. The van der Waals surface area contributed by atoms with Crippen LogP contribution in [0.3, 0.4) is 0 Å². The first-order valence-electron chi connectivity index (χ1n) is 5.54. The van der Waals surface area contributed by atoms with E-state index in [2.05, 4.69) is 15.4 Å². The Morgan fingerprint density at radius 1 is 1.44 bits per heavy atom. The molecule has 0 aliphatic heterocycles. The Bertz CT molecular complexity index is 545. The zero-order valence-corrected chi connectivity index (χ0v) is 10.2. The lowest BCUT2D eigenvalue weighted by molar-refractivity contribution is 0.0957. The Morgan fingerprint density at radius 3 is 2.78 bits per heavy atom. The van der Waals surface area contributed by atoms with Crippen LogP contribution in [0.15, 0.2) is 30.6 Å². The molecule has 0 saturated carbocycles. The number of hydrogen-bond donors (Lipinski definition) is 2. The average molecular weight is 246 g/mol. The zero-order chi connectivity index (χ0) is 13.1. The van der Waals surface area contributed by atoms with E-state index in [-0.39, 0.29) is 5.91 Å². The van der Waals surface area contributed by atoms with E-state index in [1.54, 1.807) is 49.2 Å². The summed E-state index contributed by atoms with van der Waals surface area (Å²) in [4.78, 5) is 15.5. The third kappa shape index (κ3) is 2.38. The van der Waals surface area contributed by atoms with Crippen LogP contribution in [0, 0.1) is 0 Å². The number of aromatic nitrogens is 3. The van der Waals surface area contributed by atoms with Crippen LogP contribution >= 0.6 is 0 Å². The lowest BCUT2D eigenvalue weighted by Crippen LogP contribution is -2.18. The fourth-order valence-corrected chi connectivity index (χ4v) is 1.50. The number of amides is 1. The Kier molecular flexibility index (Phi) is 3.38. The third-order valence-electron chi connectivity index (χ3n) is 2.51. The van der Waals surface area contributed by atoms with Gasteiger partial charge >= 0.3 is 0 Å². The maximum atomic E-state index is 11.4. The van der Waals surface area contributed by atoms with Crippen molar-refractivity contribution < 1.29 is 9.90 Å². The Labute approximate surface area is 104 Å². The van der Waals surface area contributed by atoms with Crippen LogP contribution in [0.2, 0.25) is 0 Å². The van der Waals surface area contributed by atoms with Gasteiger partial charge in [0.1, 0.15) is 0 Å². The number of nitrogens with one attached hydrogen (secondary N) is 1. The van der Waals surface area contributed by atoms with Gasteiger partial charge < -0.3 is 10.4 Å². The van der Waals surface area contributed by atoms with Crippen molar-refractivity contribution >= 4 is 5.91 Å². The molecule has 1 atom stereocenters. The first-order valence-corrected chi connectivity index (χ1v) is 5.54. The molecule has 0 fully saturated rings. The van der Waals surface area contributed by atoms with Crippen molar-refractivity contribution in [3.05, 3.63) is 42.0 Å². The van der Waals surface area contributed by atoms with E-state index < -0.39 is 6.10 Å². The van der Waals surface area contributed by atoms with Crippen molar-refractivity contribution in [2.75, 3.05) is 7.05 Å². The van der Waals surface area contributed by atoms with Crippen LogP contribution in [0.4, 0.5) is 0 Å². The second-order valence-electron chi connectivity index (χ2n) is 3.84. The molecule has 0 aromatic carbocycles. The van der Waals surface area contributed by atoms with Gasteiger partial charge in [0.2, 0.25) is 0 Å². The number of carbonyl (C=O) groups excluding carboxylic acids is 1. The molecule has 2 aromatic heterocycles. The Morgan fingerprint density at radius 2 is 2.22 bits per heavy atom. The van der Waals surface area contributed by atoms with Gasteiger partial charge in [-0.1, -0.05) is 0 Å². The molecule has 1 amide bonds. The van der Waals surface area contributed by atoms with E-state index in [1.165, 1.54) is 0 Å². The largest absolute Gasteiger partial charge is 0.387 e.